The summed E-state index contributed by atoms with van der Waals surface area (Å²) in [6, 6.07) is 83.8. The first-order valence-corrected chi connectivity index (χ1v) is 23.0. The molecule has 0 bridgehead atoms. The molecule has 5 heteroatoms. The zero-order valence-electron chi connectivity index (χ0n) is 36.1. The highest BCUT2D eigenvalue weighted by Gasteiger charge is 2.51. The Morgan fingerprint density at radius 1 is 0.388 bits per heavy atom. The zero-order valence-corrected chi connectivity index (χ0v) is 36.1. The lowest BCUT2D eigenvalue weighted by Gasteiger charge is -2.31. The van der Waals surface area contributed by atoms with Crippen LogP contribution in [-0.4, -0.2) is 14.0 Å². The molecule has 0 atom stereocenters. The monoisotopic (exact) mass is 854 g/mol. The highest BCUT2D eigenvalue weighted by molar-refractivity contribution is 6.07. The van der Waals surface area contributed by atoms with Crippen molar-refractivity contribution in [1.29, 1.82) is 0 Å². The van der Waals surface area contributed by atoms with Gasteiger partial charge in [-0.2, -0.15) is 0 Å². The summed E-state index contributed by atoms with van der Waals surface area (Å²) in [5.74, 6) is 0.907. The molecule has 0 saturated heterocycles. The molecule has 0 amide bonds. The molecule has 0 aliphatic heterocycles. The third-order valence-corrected chi connectivity index (χ3v) is 14.5. The van der Waals surface area contributed by atoms with Crippen molar-refractivity contribution in [3.8, 4) is 39.1 Å². The number of imidazole rings is 2. The molecule has 0 fully saturated rings. The largest absolute Gasteiger partial charge is 0.456 e. The van der Waals surface area contributed by atoms with E-state index in [9.17, 15) is 0 Å². The van der Waals surface area contributed by atoms with Gasteiger partial charge in [-0.3, -0.25) is 8.97 Å². The molecule has 5 nitrogen and oxygen atoms in total. The van der Waals surface area contributed by atoms with Crippen LogP contribution >= 0.6 is 0 Å². The molecule has 67 heavy (non-hydrogen) atoms. The van der Waals surface area contributed by atoms with Crippen molar-refractivity contribution in [1.82, 2.24) is 14.0 Å². The summed E-state index contributed by atoms with van der Waals surface area (Å²) in [6.07, 6.45) is 0. The van der Waals surface area contributed by atoms with Crippen molar-refractivity contribution in [2.75, 3.05) is 4.90 Å². The number of hydrogen-bond acceptors (Lipinski definition) is 3. The lowest BCUT2D eigenvalue weighted by Crippen LogP contribution is -2.25. The van der Waals surface area contributed by atoms with Crippen LogP contribution in [0.15, 0.2) is 235 Å². The fourth-order valence-electron chi connectivity index (χ4n) is 11.7. The van der Waals surface area contributed by atoms with Gasteiger partial charge in [-0.1, -0.05) is 146 Å². The average Bonchev–Trinajstić information content (AvgIpc) is 4.18. The normalized spacial score (nSPS) is 13.2. The van der Waals surface area contributed by atoms with Crippen LogP contribution in [0.3, 0.4) is 0 Å². The molecule has 0 N–H and O–H groups in total. The van der Waals surface area contributed by atoms with E-state index in [1.807, 2.05) is 12.1 Å². The number of benzene rings is 10. The zero-order chi connectivity index (χ0) is 43.8. The quantitative estimate of drug-likeness (QED) is 0.173. The van der Waals surface area contributed by atoms with E-state index in [2.05, 4.69) is 232 Å². The first-order chi connectivity index (χ1) is 33.2. The predicted octanol–water partition coefficient (Wildman–Crippen LogP) is 15.8. The molecular weight excluding hydrogens is 817 g/mol. The van der Waals surface area contributed by atoms with Gasteiger partial charge in [0.25, 0.3) is 0 Å². The molecule has 0 unspecified atom stereocenters. The molecule has 2 aliphatic carbocycles. The Kier molecular flexibility index (Phi) is 7.36. The number of rotatable bonds is 5. The summed E-state index contributed by atoms with van der Waals surface area (Å²) >= 11 is 0. The van der Waals surface area contributed by atoms with Crippen LogP contribution in [0.5, 0.6) is 0 Å². The highest BCUT2D eigenvalue weighted by atomic mass is 16.3. The molecule has 3 heterocycles. The lowest BCUT2D eigenvalue weighted by molar-refractivity contribution is 0.669. The van der Waals surface area contributed by atoms with E-state index in [0.717, 1.165) is 83.7 Å². The van der Waals surface area contributed by atoms with Crippen LogP contribution in [0.25, 0.3) is 88.9 Å². The minimum Gasteiger partial charge on any atom is -0.456 e. The van der Waals surface area contributed by atoms with Gasteiger partial charge in [0, 0.05) is 33.5 Å². The SMILES string of the molecule is c1ccc2c(c1)-c1ccccc1C21c2ccccc2-c2cc(N(c3ccc(-c4ccc(-n5c6ccccc6n6c7ccccc7nc56)cc4)cc3)c3ccc4oc5ccccc5c4c3)ccc21. The van der Waals surface area contributed by atoms with Crippen LogP contribution < -0.4 is 4.90 Å². The molecule has 0 saturated carbocycles. The van der Waals surface area contributed by atoms with Gasteiger partial charge in [0.2, 0.25) is 5.78 Å². The van der Waals surface area contributed by atoms with Crippen LogP contribution in [0.4, 0.5) is 17.1 Å². The number of nitrogens with zero attached hydrogens (tertiary/aromatic N) is 4. The molecule has 15 rings (SSSR count). The lowest BCUT2D eigenvalue weighted by atomic mass is 9.70. The first kappa shape index (κ1) is 36.4. The van der Waals surface area contributed by atoms with Crippen LogP contribution in [0, 0.1) is 0 Å². The maximum absolute atomic E-state index is 6.34. The minimum absolute atomic E-state index is 0.401. The average molecular weight is 855 g/mol. The molecule has 312 valence electrons. The van der Waals surface area contributed by atoms with Gasteiger partial charge < -0.3 is 9.32 Å². The van der Waals surface area contributed by atoms with E-state index in [-0.39, 0.29) is 0 Å². The van der Waals surface area contributed by atoms with Gasteiger partial charge in [0.15, 0.2) is 0 Å². The topological polar surface area (TPSA) is 38.6 Å². The summed E-state index contributed by atoms with van der Waals surface area (Å²) in [5.41, 5.74) is 22.8. The summed E-state index contributed by atoms with van der Waals surface area (Å²) in [6.45, 7) is 0. The van der Waals surface area contributed by atoms with Gasteiger partial charge in [0.1, 0.15) is 11.2 Å². The molecule has 0 radical (unpaired) electrons. The fraction of sp³-hybridized carbons (Fsp3) is 0.0161. The van der Waals surface area contributed by atoms with Crippen molar-refractivity contribution >= 4 is 66.8 Å². The third-order valence-electron chi connectivity index (χ3n) is 14.5. The Labute approximate surface area is 385 Å². The standard InChI is InChI=1S/C62H38N4O/c1-5-17-51-45(13-1)46-14-2-6-18-52(46)62(51)53-19-7-3-15-47(53)49-37-43(33-35-54(49)62)64(44-34-36-60-50(38-44)48-16-4-12-24-59(48)67-60)41-29-25-39(26-30-41)40-27-31-42(32-28-40)65-57-22-10-11-23-58(57)66-56-21-9-8-20-55(56)63-61(65)66/h1-38H. The first-order valence-electron chi connectivity index (χ1n) is 23.0. The Morgan fingerprint density at radius 3 is 1.64 bits per heavy atom. The Bertz CT molecular complexity index is 4120. The third kappa shape index (κ3) is 4.95. The highest BCUT2D eigenvalue weighted by Crippen LogP contribution is 2.63. The molecule has 1 spiro atoms. The van der Waals surface area contributed by atoms with Crippen molar-refractivity contribution in [2.24, 2.45) is 0 Å². The molecule has 13 aromatic rings. The Hall–Kier alpha value is -8.93. The summed E-state index contributed by atoms with van der Waals surface area (Å²) < 4.78 is 10.9. The van der Waals surface area contributed by atoms with E-state index in [0.29, 0.717) is 0 Å². The van der Waals surface area contributed by atoms with Crippen LogP contribution in [0.1, 0.15) is 22.3 Å². The van der Waals surface area contributed by atoms with E-state index < -0.39 is 5.41 Å². The summed E-state index contributed by atoms with van der Waals surface area (Å²) in [7, 11) is 0. The van der Waals surface area contributed by atoms with Crippen LogP contribution in [-0.2, 0) is 5.41 Å². The molecule has 10 aromatic carbocycles. The number of anilines is 3. The second-order valence-corrected chi connectivity index (χ2v) is 17.9. The van der Waals surface area contributed by atoms with Crippen molar-refractivity contribution in [2.45, 2.75) is 5.41 Å². The molecular formula is C62H38N4O. The fourth-order valence-corrected chi connectivity index (χ4v) is 11.7. The van der Waals surface area contributed by atoms with Crippen molar-refractivity contribution in [3.63, 3.8) is 0 Å². The van der Waals surface area contributed by atoms with Gasteiger partial charge in [-0.05, 0) is 141 Å². The Balaban J connectivity index is 0.866. The second-order valence-electron chi connectivity index (χ2n) is 17.9. The number of aromatic nitrogens is 3. The van der Waals surface area contributed by atoms with E-state index in [1.54, 1.807) is 0 Å². The van der Waals surface area contributed by atoms with Gasteiger partial charge >= 0.3 is 0 Å². The number of para-hydroxylation sites is 5. The van der Waals surface area contributed by atoms with Gasteiger partial charge in [0.05, 0.1) is 27.5 Å². The predicted molar refractivity (Wildman–Crippen MR) is 273 cm³/mol. The molecule has 2 aliphatic rings. The van der Waals surface area contributed by atoms with E-state index in [4.69, 9.17) is 9.40 Å². The number of furan rings is 1. The van der Waals surface area contributed by atoms with E-state index >= 15 is 0 Å². The van der Waals surface area contributed by atoms with Gasteiger partial charge in [-0.25, -0.2) is 4.98 Å². The maximum Gasteiger partial charge on any atom is 0.220 e. The van der Waals surface area contributed by atoms with Gasteiger partial charge in [-0.15, -0.1) is 0 Å². The summed E-state index contributed by atoms with van der Waals surface area (Å²) in [4.78, 5) is 7.50. The summed E-state index contributed by atoms with van der Waals surface area (Å²) in [5, 5.41) is 2.20. The van der Waals surface area contributed by atoms with E-state index in [1.165, 1.54) is 44.5 Å². The number of fused-ring (bicyclic) bond motifs is 18. The maximum atomic E-state index is 6.34. The molecule has 3 aromatic heterocycles. The number of hydrogen-bond donors (Lipinski definition) is 0. The van der Waals surface area contributed by atoms with Crippen LogP contribution in [0.2, 0.25) is 0 Å². The van der Waals surface area contributed by atoms with Crippen molar-refractivity contribution in [3.05, 3.63) is 253 Å². The Morgan fingerprint density at radius 2 is 0.910 bits per heavy atom. The smallest absolute Gasteiger partial charge is 0.220 e. The van der Waals surface area contributed by atoms with Crippen molar-refractivity contribution < 1.29 is 4.42 Å². The second kappa shape index (κ2) is 13.6. The minimum atomic E-state index is -0.401.